The lowest BCUT2D eigenvalue weighted by molar-refractivity contribution is 0.129. The highest BCUT2D eigenvalue weighted by atomic mass is 32.2. The predicted octanol–water partition coefficient (Wildman–Crippen LogP) is 1.28. The van der Waals surface area contributed by atoms with Gasteiger partial charge in [-0.15, -0.1) is 0 Å². The van der Waals surface area contributed by atoms with Crippen molar-refractivity contribution in [3.63, 3.8) is 0 Å². The third-order valence-corrected chi connectivity index (χ3v) is 6.91. The van der Waals surface area contributed by atoms with Crippen molar-refractivity contribution >= 4 is 15.7 Å². The van der Waals surface area contributed by atoms with E-state index in [1.807, 2.05) is 6.92 Å². The lowest BCUT2D eigenvalue weighted by Crippen LogP contribution is -2.31. The van der Waals surface area contributed by atoms with E-state index in [2.05, 4.69) is 0 Å². The van der Waals surface area contributed by atoms with Crippen LogP contribution < -0.4 is 5.73 Å². The first-order valence-electron chi connectivity index (χ1n) is 7.35. The normalized spacial score (nSPS) is 29.8. The minimum Gasteiger partial charge on any atom is -0.398 e. The standard InChI is InChI=1S/C15H22N2O3S/c1-9-5-13(16)10(2)15(6-9)21(19,20)17-7-11-3-4-14(18)12(11)8-17/h5-6,11-12,14,18H,3-4,7-8,16H2,1-2H3. The molecule has 1 aromatic rings. The maximum absolute atomic E-state index is 12.9. The fourth-order valence-electron chi connectivity index (χ4n) is 3.65. The number of anilines is 1. The number of rotatable bonds is 2. The Hall–Kier alpha value is -1.11. The number of nitrogen functional groups attached to an aromatic ring is 1. The molecule has 116 valence electrons. The van der Waals surface area contributed by atoms with Crippen molar-refractivity contribution in [2.24, 2.45) is 11.8 Å². The monoisotopic (exact) mass is 310 g/mol. The molecule has 0 amide bonds. The summed E-state index contributed by atoms with van der Waals surface area (Å²) < 4.78 is 27.3. The molecule has 0 bridgehead atoms. The maximum atomic E-state index is 12.9. The maximum Gasteiger partial charge on any atom is 0.243 e. The molecule has 0 radical (unpaired) electrons. The van der Waals surface area contributed by atoms with Gasteiger partial charge in [0.15, 0.2) is 0 Å². The zero-order valence-corrected chi connectivity index (χ0v) is 13.2. The summed E-state index contributed by atoms with van der Waals surface area (Å²) in [7, 11) is -3.54. The molecule has 3 atom stereocenters. The van der Waals surface area contributed by atoms with Crippen molar-refractivity contribution in [3.05, 3.63) is 23.3 Å². The summed E-state index contributed by atoms with van der Waals surface area (Å²) in [6, 6.07) is 3.47. The molecule has 2 fully saturated rings. The Bertz CT molecular complexity index is 672. The number of hydrogen-bond acceptors (Lipinski definition) is 4. The molecule has 0 aromatic heterocycles. The Balaban J connectivity index is 1.96. The van der Waals surface area contributed by atoms with Crippen LogP contribution in [0.5, 0.6) is 0 Å². The Labute approximate surface area is 125 Å². The largest absolute Gasteiger partial charge is 0.398 e. The summed E-state index contributed by atoms with van der Waals surface area (Å²) in [5, 5.41) is 9.95. The van der Waals surface area contributed by atoms with E-state index >= 15 is 0 Å². The van der Waals surface area contributed by atoms with Gasteiger partial charge < -0.3 is 10.8 Å². The van der Waals surface area contributed by atoms with E-state index < -0.39 is 10.0 Å². The van der Waals surface area contributed by atoms with Crippen LogP contribution in [0.1, 0.15) is 24.0 Å². The first-order valence-corrected chi connectivity index (χ1v) is 8.79. The molecule has 1 aliphatic heterocycles. The van der Waals surface area contributed by atoms with Crippen molar-refractivity contribution in [2.45, 2.75) is 37.7 Å². The third-order valence-electron chi connectivity index (χ3n) is 4.95. The minimum atomic E-state index is -3.54. The number of benzene rings is 1. The van der Waals surface area contributed by atoms with Gasteiger partial charge in [-0.3, -0.25) is 0 Å². The number of hydrogen-bond donors (Lipinski definition) is 2. The van der Waals surface area contributed by atoms with E-state index in [1.54, 1.807) is 19.1 Å². The number of nitrogens with two attached hydrogens (primary N) is 1. The van der Waals surface area contributed by atoms with Crippen LogP contribution >= 0.6 is 0 Å². The molecule has 1 heterocycles. The highest BCUT2D eigenvalue weighted by Gasteiger charge is 2.46. The quantitative estimate of drug-likeness (QED) is 0.806. The van der Waals surface area contributed by atoms with Crippen LogP contribution in [0.2, 0.25) is 0 Å². The SMILES string of the molecule is Cc1cc(N)c(C)c(S(=O)(=O)N2CC3CCC(O)C3C2)c1. The van der Waals surface area contributed by atoms with Crippen LogP contribution in [0.15, 0.2) is 17.0 Å². The van der Waals surface area contributed by atoms with Crippen molar-refractivity contribution < 1.29 is 13.5 Å². The van der Waals surface area contributed by atoms with Crippen LogP contribution in [0, 0.1) is 25.7 Å². The molecular formula is C15H22N2O3S. The molecule has 1 saturated carbocycles. The lowest BCUT2D eigenvalue weighted by atomic mass is 10.00. The molecule has 3 N–H and O–H groups in total. The zero-order chi connectivity index (χ0) is 15.4. The van der Waals surface area contributed by atoms with Gasteiger partial charge in [0.2, 0.25) is 10.0 Å². The van der Waals surface area contributed by atoms with Crippen LogP contribution in [-0.2, 0) is 10.0 Å². The van der Waals surface area contributed by atoms with Gasteiger partial charge in [0, 0.05) is 24.7 Å². The Morgan fingerprint density at radius 2 is 1.95 bits per heavy atom. The van der Waals surface area contributed by atoms with Gasteiger partial charge in [0.25, 0.3) is 0 Å². The smallest absolute Gasteiger partial charge is 0.243 e. The summed E-state index contributed by atoms with van der Waals surface area (Å²) in [4.78, 5) is 0.300. The van der Waals surface area contributed by atoms with Crippen LogP contribution in [-0.4, -0.2) is 37.0 Å². The summed E-state index contributed by atoms with van der Waals surface area (Å²) in [5.74, 6) is 0.375. The fourth-order valence-corrected chi connectivity index (χ4v) is 5.53. The second-order valence-electron chi connectivity index (χ2n) is 6.37. The van der Waals surface area contributed by atoms with Gasteiger partial charge in [0.1, 0.15) is 0 Å². The van der Waals surface area contributed by atoms with E-state index in [0.29, 0.717) is 29.2 Å². The van der Waals surface area contributed by atoms with E-state index in [-0.39, 0.29) is 17.9 Å². The highest BCUT2D eigenvalue weighted by molar-refractivity contribution is 7.89. The molecular weight excluding hydrogens is 288 g/mol. The molecule has 1 saturated heterocycles. The zero-order valence-electron chi connectivity index (χ0n) is 12.4. The first kappa shape index (κ1) is 14.8. The Morgan fingerprint density at radius 3 is 2.62 bits per heavy atom. The number of aliphatic hydroxyl groups excluding tert-OH is 1. The average molecular weight is 310 g/mol. The minimum absolute atomic E-state index is 0.0854. The van der Waals surface area contributed by atoms with Gasteiger partial charge in [-0.25, -0.2) is 8.42 Å². The second-order valence-corrected chi connectivity index (χ2v) is 8.27. The molecule has 0 spiro atoms. The molecule has 3 unspecified atom stereocenters. The number of nitrogens with zero attached hydrogens (tertiary/aromatic N) is 1. The molecule has 1 aliphatic carbocycles. The number of fused-ring (bicyclic) bond motifs is 1. The molecule has 3 rings (SSSR count). The van der Waals surface area contributed by atoms with Gasteiger partial charge in [0.05, 0.1) is 11.0 Å². The van der Waals surface area contributed by atoms with E-state index in [0.717, 1.165) is 18.4 Å². The number of sulfonamides is 1. The summed E-state index contributed by atoms with van der Waals surface area (Å²) in [6.07, 6.45) is 1.34. The lowest BCUT2D eigenvalue weighted by Gasteiger charge is -2.20. The topological polar surface area (TPSA) is 83.6 Å². The van der Waals surface area contributed by atoms with Crippen molar-refractivity contribution in [1.82, 2.24) is 4.31 Å². The average Bonchev–Trinajstić information content (AvgIpc) is 2.97. The van der Waals surface area contributed by atoms with Gasteiger partial charge in [-0.2, -0.15) is 4.31 Å². The Kier molecular flexibility index (Phi) is 3.50. The van der Waals surface area contributed by atoms with E-state index in [1.165, 1.54) is 4.31 Å². The predicted molar refractivity (Wildman–Crippen MR) is 81.3 cm³/mol. The van der Waals surface area contributed by atoms with Crippen molar-refractivity contribution in [3.8, 4) is 0 Å². The molecule has 21 heavy (non-hydrogen) atoms. The summed E-state index contributed by atoms with van der Waals surface area (Å²) in [5.41, 5.74) is 7.87. The molecule has 2 aliphatic rings. The first-order chi connectivity index (χ1) is 9.80. The highest BCUT2D eigenvalue weighted by Crippen LogP contribution is 2.40. The van der Waals surface area contributed by atoms with Gasteiger partial charge >= 0.3 is 0 Å². The van der Waals surface area contributed by atoms with Crippen LogP contribution in [0.4, 0.5) is 5.69 Å². The molecule has 1 aromatic carbocycles. The van der Waals surface area contributed by atoms with Gasteiger partial charge in [-0.05, 0) is 55.9 Å². The second kappa shape index (κ2) is 4.97. The summed E-state index contributed by atoms with van der Waals surface area (Å²) in [6.45, 7) is 4.52. The van der Waals surface area contributed by atoms with Crippen LogP contribution in [0.3, 0.4) is 0 Å². The molecule has 6 heteroatoms. The summed E-state index contributed by atoms with van der Waals surface area (Å²) >= 11 is 0. The van der Waals surface area contributed by atoms with Crippen molar-refractivity contribution in [2.75, 3.05) is 18.8 Å². The van der Waals surface area contributed by atoms with Crippen LogP contribution in [0.25, 0.3) is 0 Å². The fraction of sp³-hybridized carbons (Fsp3) is 0.600. The number of aliphatic hydroxyl groups is 1. The van der Waals surface area contributed by atoms with E-state index in [9.17, 15) is 13.5 Å². The van der Waals surface area contributed by atoms with Crippen molar-refractivity contribution in [1.29, 1.82) is 0 Å². The Morgan fingerprint density at radius 1 is 1.24 bits per heavy atom. The molecule has 5 nitrogen and oxygen atoms in total. The number of aryl methyl sites for hydroxylation is 1. The third kappa shape index (κ3) is 2.35. The van der Waals surface area contributed by atoms with E-state index in [4.69, 9.17) is 5.73 Å². The van der Waals surface area contributed by atoms with Gasteiger partial charge in [-0.1, -0.05) is 0 Å².